The minimum Gasteiger partial charge on any atom is -0.477 e. The van der Waals surface area contributed by atoms with E-state index in [1.807, 2.05) is 0 Å². The van der Waals surface area contributed by atoms with Crippen LogP contribution in [0.15, 0.2) is 24.7 Å². The van der Waals surface area contributed by atoms with Gasteiger partial charge in [0.25, 0.3) is 0 Å². The standard InChI is InChI=1S/C14H17N7O6/c22-12(2-6-20-11(14(24)25)1-3-17-20)15-4-5-16-13(23)9-19-8-10(7-18-19)21(26)27/h1,3,7-8H,2,4-6,9H2,(H,15,22)(H,16,23)(H,24,25). The number of nitrogens with one attached hydrogen (secondary N) is 2. The van der Waals surface area contributed by atoms with Crippen LogP contribution in [0.2, 0.25) is 0 Å². The van der Waals surface area contributed by atoms with Crippen LogP contribution in [0.25, 0.3) is 0 Å². The monoisotopic (exact) mass is 379 g/mol. The average Bonchev–Trinajstić information content (AvgIpc) is 3.26. The van der Waals surface area contributed by atoms with Crippen LogP contribution in [-0.4, -0.2) is 60.5 Å². The Morgan fingerprint density at radius 2 is 1.89 bits per heavy atom. The van der Waals surface area contributed by atoms with Crippen molar-refractivity contribution in [3.05, 3.63) is 40.5 Å². The maximum Gasteiger partial charge on any atom is 0.354 e. The first kappa shape index (κ1) is 19.6. The Hall–Kier alpha value is -3.77. The van der Waals surface area contributed by atoms with E-state index < -0.39 is 16.8 Å². The van der Waals surface area contributed by atoms with Gasteiger partial charge in [-0.15, -0.1) is 0 Å². The van der Waals surface area contributed by atoms with E-state index in [-0.39, 0.29) is 49.9 Å². The van der Waals surface area contributed by atoms with Gasteiger partial charge in [0, 0.05) is 25.7 Å². The Morgan fingerprint density at radius 3 is 2.52 bits per heavy atom. The summed E-state index contributed by atoms with van der Waals surface area (Å²) in [6.07, 6.45) is 3.56. The molecule has 0 aromatic carbocycles. The van der Waals surface area contributed by atoms with Crippen molar-refractivity contribution in [2.75, 3.05) is 13.1 Å². The highest BCUT2D eigenvalue weighted by Gasteiger charge is 2.12. The molecule has 2 heterocycles. The molecule has 0 aliphatic heterocycles. The number of carboxylic acid groups (broad SMARTS) is 1. The van der Waals surface area contributed by atoms with E-state index in [0.29, 0.717) is 0 Å². The van der Waals surface area contributed by atoms with Crippen LogP contribution in [0.5, 0.6) is 0 Å². The SMILES string of the molecule is O=C(CCn1nccc1C(=O)O)NCCNC(=O)Cn1cc([N+](=O)[O-])cn1. The summed E-state index contributed by atoms with van der Waals surface area (Å²) in [6.45, 7) is 0.273. The first-order valence-corrected chi connectivity index (χ1v) is 7.82. The summed E-state index contributed by atoms with van der Waals surface area (Å²) in [7, 11) is 0. The Kier molecular flexibility index (Phi) is 6.57. The Balaban J connectivity index is 1.63. The lowest BCUT2D eigenvalue weighted by Gasteiger charge is -2.08. The number of rotatable bonds is 10. The van der Waals surface area contributed by atoms with Gasteiger partial charge in [0.05, 0.1) is 11.5 Å². The van der Waals surface area contributed by atoms with Crippen LogP contribution in [0.4, 0.5) is 5.69 Å². The number of hydrogen-bond acceptors (Lipinski definition) is 7. The number of amides is 2. The number of aromatic carboxylic acids is 1. The highest BCUT2D eigenvalue weighted by atomic mass is 16.6. The fourth-order valence-corrected chi connectivity index (χ4v) is 2.13. The summed E-state index contributed by atoms with van der Waals surface area (Å²) in [4.78, 5) is 44.3. The zero-order chi connectivity index (χ0) is 19.8. The minimum atomic E-state index is -1.13. The van der Waals surface area contributed by atoms with E-state index in [1.54, 1.807) is 0 Å². The van der Waals surface area contributed by atoms with E-state index in [2.05, 4.69) is 20.8 Å². The molecule has 0 unspecified atom stereocenters. The number of carboxylic acids is 1. The summed E-state index contributed by atoms with van der Waals surface area (Å²) < 4.78 is 2.35. The van der Waals surface area contributed by atoms with Crippen LogP contribution in [0.1, 0.15) is 16.9 Å². The molecular weight excluding hydrogens is 362 g/mol. The molecule has 2 aromatic heterocycles. The van der Waals surface area contributed by atoms with Gasteiger partial charge in [-0.2, -0.15) is 10.2 Å². The lowest BCUT2D eigenvalue weighted by Crippen LogP contribution is -2.36. The van der Waals surface area contributed by atoms with Crippen LogP contribution in [-0.2, 0) is 22.7 Å². The topological polar surface area (TPSA) is 174 Å². The van der Waals surface area contributed by atoms with Crippen molar-refractivity contribution in [2.45, 2.75) is 19.5 Å². The molecule has 0 aliphatic carbocycles. The van der Waals surface area contributed by atoms with Gasteiger partial charge in [-0.3, -0.25) is 29.1 Å². The lowest BCUT2D eigenvalue weighted by molar-refractivity contribution is -0.385. The Morgan fingerprint density at radius 1 is 1.19 bits per heavy atom. The number of aromatic nitrogens is 4. The largest absolute Gasteiger partial charge is 0.477 e. The fourth-order valence-electron chi connectivity index (χ4n) is 2.13. The third kappa shape index (κ3) is 5.91. The van der Waals surface area contributed by atoms with Crippen molar-refractivity contribution >= 4 is 23.5 Å². The first-order valence-electron chi connectivity index (χ1n) is 7.82. The van der Waals surface area contributed by atoms with Gasteiger partial charge in [-0.05, 0) is 6.07 Å². The van der Waals surface area contributed by atoms with Gasteiger partial charge in [0.1, 0.15) is 24.6 Å². The maximum atomic E-state index is 11.7. The molecule has 0 spiro atoms. The minimum absolute atomic E-state index is 0.00563. The van der Waals surface area contributed by atoms with Crippen molar-refractivity contribution in [2.24, 2.45) is 0 Å². The van der Waals surface area contributed by atoms with Gasteiger partial charge < -0.3 is 15.7 Å². The highest BCUT2D eigenvalue weighted by Crippen LogP contribution is 2.07. The number of nitro groups is 1. The van der Waals surface area contributed by atoms with Gasteiger partial charge in [-0.1, -0.05) is 0 Å². The van der Waals surface area contributed by atoms with E-state index in [4.69, 9.17) is 5.11 Å². The van der Waals surface area contributed by atoms with Gasteiger partial charge >= 0.3 is 11.7 Å². The molecule has 27 heavy (non-hydrogen) atoms. The number of aryl methyl sites for hydroxylation is 1. The molecule has 3 N–H and O–H groups in total. The van der Waals surface area contributed by atoms with Gasteiger partial charge in [-0.25, -0.2) is 4.79 Å². The smallest absolute Gasteiger partial charge is 0.354 e. The van der Waals surface area contributed by atoms with Crippen molar-refractivity contribution < 1.29 is 24.4 Å². The predicted octanol–water partition coefficient (Wildman–Crippen LogP) is -0.991. The molecule has 13 nitrogen and oxygen atoms in total. The molecule has 13 heteroatoms. The van der Waals surface area contributed by atoms with Crippen molar-refractivity contribution in [3.63, 3.8) is 0 Å². The maximum absolute atomic E-state index is 11.7. The summed E-state index contributed by atoms with van der Waals surface area (Å²) in [5.41, 5.74) is -0.216. The van der Waals surface area contributed by atoms with Crippen LogP contribution in [0, 0.1) is 10.1 Å². The number of nitrogens with zero attached hydrogens (tertiary/aromatic N) is 5. The zero-order valence-corrected chi connectivity index (χ0v) is 14.1. The predicted molar refractivity (Wildman–Crippen MR) is 88.7 cm³/mol. The molecule has 0 atom stereocenters. The molecule has 0 fully saturated rings. The van der Waals surface area contributed by atoms with E-state index in [1.165, 1.54) is 16.9 Å². The summed E-state index contributed by atoms with van der Waals surface area (Å²) in [5.74, 6) is -1.86. The van der Waals surface area contributed by atoms with E-state index in [9.17, 15) is 24.5 Å². The summed E-state index contributed by atoms with van der Waals surface area (Å²) >= 11 is 0. The second kappa shape index (κ2) is 9.07. The molecule has 144 valence electrons. The summed E-state index contributed by atoms with van der Waals surface area (Å²) in [5, 5.41) is 32.1. The molecular formula is C14H17N7O6. The van der Waals surface area contributed by atoms with Gasteiger partial charge in [0.15, 0.2) is 0 Å². The number of hydrogen-bond donors (Lipinski definition) is 3. The van der Waals surface area contributed by atoms with Crippen molar-refractivity contribution in [1.82, 2.24) is 30.2 Å². The number of carbonyl (C=O) groups is 3. The molecule has 2 amide bonds. The average molecular weight is 379 g/mol. The van der Waals surface area contributed by atoms with E-state index >= 15 is 0 Å². The van der Waals surface area contributed by atoms with Crippen molar-refractivity contribution in [1.29, 1.82) is 0 Å². The van der Waals surface area contributed by atoms with Crippen LogP contribution in [0.3, 0.4) is 0 Å². The molecule has 2 aromatic rings. The molecule has 0 aliphatic rings. The first-order chi connectivity index (χ1) is 12.9. The zero-order valence-electron chi connectivity index (χ0n) is 14.1. The molecule has 0 saturated carbocycles. The fraction of sp³-hybridized carbons (Fsp3) is 0.357. The van der Waals surface area contributed by atoms with Crippen LogP contribution >= 0.6 is 0 Å². The molecule has 0 radical (unpaired) electrons. The third-order valence-electron chi connectivity index (χ3n) is 3.39. The quantitative estimate of drug-likeness (QED) is 0.268. The normalized spacial score (nSPS) is 10.4. The van der Waals surface area contributed by atoms with Gasteiger partial charge in [0.2, 0.25) is 11.8 Å². The second-order valence-electron chi connectivity index (χ2n) is 5.35. The Bertz CT molecular complexity index is 843. The van der Waals surface area contributed by atoms with Crippen LogP contribution < -0.4 is 10.6 Å². The lowest BCUT2D eigenvalue weighted by atomic mass is 10.3. The van der Waals surface area contributed by atoms with Crippen molar-refractivity contribution in [3.8, 4) is 0 Å². The third-order valence-corrected chi connectivity index (χ3v) is 3.39. The Labute approximate surface area is 152 Å². The molecule has 0 saturated heterocycles. The number of carbonyl (C=O) groups excluding carboxylic acids is 2. The van der Waals surface area contributed by atoms with E-state index in [0.717, 1.165) is 17.1 Å². The molecule has 0 bridgehead atoms. The highest BCUT2D eigenvalue weighted by molar-refractivity contribution is 5.85. The summed E-state index contributed by atoms with van der Waals surface area (Å²) in [6, 6.07) is 1.34. The molecule has 2 rings (SSSR count). The second-order valence-corrected chi connectivity index (χ2v) is 5.35.